The molecule has 1 atom stereocenters. The molecule has 0 aromatic heterocycles. The Morgan fingerprint density at radius 1 is 0.222 bits per heavy atom. The molecule has 0 bridgehead atoms. The van der Waals surface area contributed by atoms with E-state index >= 15 is 0 Å². The summed E-state index contributed by atoms with van der Waals surface area (Å²) < 4.78 is 16.9. The van der Waals surface area contributed by atoms with E-state index in [1.807, 2.05) is 0 Å². The maximum absolute atomic E-state index is 12.9. The van der Waals surface area contributed by atoms with E-state index < -0.39 is 6.10 Å². The SMILES string of the molecule is CCCCCCCCCCCCCCCCCCCCCCCCCCCCC(=O)OCC(COC(=O)CCCCCCCCCCCCCC)OC(=O)CCCCCCCCCCCCCCCCCC. The largest absolute Gasteiger partial charge is 0.462 e. The highest BCUT2D eigenvalue weighted by molar-refractivity contribution is 5.71. The summed E-state index contributed by atoms with van der Waals surface area (Å²) in [5, 5.41) is 0. The average Bonchev–Trinajstić information content (AvgIpc) is 3.38. The van der Waals surface area contributed by atoms with Crippen LogP contribution < -0.4 is 0 Å². The van der Waals surface area contributed by atoms with Gasteiger partial charge in [0.05, 0.1) is 0 Å². The van der Waals surface area contributed by atoms with Gasteiger partial charge in [-0.1, -0.05) is 348 Å². The van der Waals surface area contributed by atoms with Gasteiger partial charge in [0, 0.05) is 19.3 Å². The van der Waals surface area contributed by atoms with Crippen LogP contribution in [0.25, 0.3) is 0 Å². The maximum atomic E-state index is 12.9. The third kappa shape index (κ3) is 59.3. The number of carbonyl (C=O) groups excluding carboxylic acids is 3. The molecule has 0 saturated carbocycles. The zero-order valence-corrected chi connectivity index (χ0v) is 49.2. The molecule has 0 aromatic rings. The molecular formula is C66H128O6. The van der Waals surface area contributed by atoms with Crippen molar-refractivity contribution in [1.82, 2.24) is 0 Å². The molecule has 0 aromatic carbocycles. The first-order valence-electron chi connectivity index (χ1n) is 33.0. The number of ether oxygens (including phenoxy) is 3. The molecule has 428 valence electrons. The monoisotopic (exact) mass is 1020 g/mol. The highest BCUT2D eigenvalue weighted by Gasteiger charge is 2.19. The van der Waals surface area contributed by atoms with Crippen molar-refractivity contribution < 1.29 is 28.6 Å². The quantitative estimate of drug-likeness (QED) is 0.0343. The molecule has 0 rings (SSSR count). The van der Waals surface area contributed by atoms with E-state index in [0.717, 1.165) is 57.8 Å². The first-order valence-corrected chi connectivity index (χ1v) is 33.0. The third-order valence-electron chi connectivity index (χ3n) is 15.4. The van der Waals surface area contributed by atoms with Gasteiger partial charge < -0.3 is 14.2 Å². The van der Waals surface area contributed by atoms with Crippen LogP contribution in [0.15, 0.2) is 0 Å². The molecular weight excluding hydrogens is 889 g/mol. The summed E-state index contributed by atoms with van der Waals surface area (Å²) in [5.74, 6) is -0.826. The van der Waals surface area contributed by atoms with Gasteiger partial charge in [-0.3, -0.25) is 14.4 Å². The van der Waals surface area contributed by atoms with Gasteiger partial charge in [-0.2, -0.15) is 0 Å². The van der Waals surface area contributed by atoms with Gasteiger partial charge in [0.25, 0.3) is 0 Å². The summed E-state index contributed by atoms with van der Waals surface area (Å²) in [6.07, 6.45) is 71.2. The van der Waals surface area contributed by atoms with Crippen molar-refractivity contribution in [3.05, 3.63) is 0 Å². The highest BCUT2D eigenvalue weighted by Crippen LogP contribution is 2.19. The van der Waals surface area contributed by atoms with Crippen LogP contribution in [0.4, 0.5) is 0 Å². The van der Waals surface area contributed by atoms with E-state index in [9.17, 15) is 14.4 Å². The lowest BCUT2D eigenvalue weighted by Crippen LogP contribution is -2.30. The van der Waals surface area contributed by atoms with Gasteiger partial charge in [-0.05, 0) is 19.3 Å². The van der Waals surface area contributed by atoms with Crippen LogP contribution >= 0.6 is 0 Å². The van der Waals surface area contributed by atoms with E-state index in [2.05, 4.69) is 20.8 Å². The number of carbonyl (C=O) groups is 3. The zero-order chi connectivity index (χ0) is 52.2. The fourth-order valence-corrected chi connectivity index (χ4v) is 10.4. The van der Waals surface area contributed by atoms with Crippen LogP contribution in [0.1, 0.15) is 387 Å². The lowest BCUT2D eigenvalue weighted by Gasteiger charge is -2.18. The fraction of sp³-hybridized carbons (Fsp3) is 0.955. The number of hydrogen-bond donors (Lipinski definition) is 0. The second-order valence-corrected chi connectivity index (χ2v) is 22.8. The van der Waals surface area contributed by atoms with E-state index in [1.165, 1.54) is 289 Å². The minimum Gasteiger partial charge on any atom is -0.462 e. The molecule has 0 fully saturated rings. The van der Waals surface area contributed by atoms with Crippen LogP contribution in [0.5, 0.6) is 0 Å². The molecule has 0 radical (unpaired) electrons. The molecule has 0 amide bonds. The smallest absolute Gasteiger partial charge is 0.306 e. The Hall–Kier alpha value is -1.59. The van der Waals surface area contributed by atoms with Crippen LogP contribution in [-0.2, 0) is 28.6 Å². The lowest BCUT2D eigenvalue weighted by atomic mass is 10.0. The van der Waals surface area contributed by atoms with Gasteiger partial charge >= 0.3 is 17.9 Å². The number of unbranched alkanes of at least 4 members (excludes halogenated alkanes) is 51. The predicted molar refractivity (Wildman–Crippen MR) is 312 cm³/mol. The summed E-state index contributed by atoms with van der Waals surface area (Å²) >= 11 is 0. The Kier molecular flexibility index (Phi) is 60.6. The van der Waals surface area contributed by atoms with Crippen molar-refractivity contribution in [2.45, 2.75) is 393 Å². The molecule has 0 saturated heterocycles. The van der Waals surface area contributed by atoms with E-state index in [4.69, 9.17) is 14.2 Å². The first-order chi connectivity index (χ1) is 35.5. The molecule has 0 heterocycles. The predicted octanol–water partition coefficient (Wildman–Crippen LogP) is 22.3. The summed E-state index contributed by atoms with van der Waals surface area (Å²) in [6.45, 7) is 6.72. The van der Waals surface area contributed by atoms with Crippen molar-refractivity contribution in [2.75, 3.05) is 13.2 Å². The zero-order valence-electron chi connectivity index (χ0n) is 49.2. The maximum Gasteiger partial charge on any atom is 0.306 e. The molecule has 0 spiro atoms. The average molecular weight is 1020 g/mol. The minimum absolute atomic E-state index is 0.0606. The van der Waals surface area contributed by atoms with Crippen molar-refractivity contribution >= 4 is 17.9 Å². The summed E-state index contributed by atoms with van der Waals surface area (Å²) in [4.78, 5) is 38.3. The van der Waals surface area contributed by atoms with Crippen LogP contribution in [0, 0.1) is 0 Å². The molecule has 72 heavy (non-hydrogen) atoms. The molecule has 0 aliphatic rings. The summed E-state index contributed by atoms with van der Waals surface area (Å²) in [7, 11) is 0. The third-order valence-corrected chi connectivity index (χ3v) is 15.4. The molecule has 0 aliphatic heterocycles. The number of esters is 3. The lowest BCUT2D eigenvalue weighted by molar-refractivity contribution is -0.167. The normalized spacial score (nSPS) is 11.9. The topological polar surface area (TPSA) is 78.9 Å². The molecule has 0 aliphatic carbocycles. The number of hydrogen-bond acceptors (Lipinski definition) is 6. The Balaban J connectivity index is 4.14. The molecule has 1 unspecified atom stereocenters. The standard InChI is InChI=1S/C66H128O6/c1-4-7-10-13-16-19-22-25-27-29-30-31-32-33-34-35-36-37-38-40-41-44-47-50-53-56-59-65(68)71-62-63(61-70-64(67)58-55-52-49-46-43-24-21-18-15-12-9-6-3)72-66(69)60-57-54-51-48-45-42-39-28-26-23-20-17-14-11-8-5-2/h63H,4-62H2,1-3H3. The summed E-state index contributed by atoms with van der Waals surface area (Å²) in [5.41, 5.74) is 0. The van der Waals surface area contributed by atoms with E-state index in [-0.39, 0.29) is 31.1 Å². The second kappa shape index (κ2) is 62.0. The molecule has 6 heteroatoms. The van der Waals surface area contributed by atoms with Crippen molar-refractivity contribution in [1.29, 1.82) is 0 Å². The van der Waals surface area contributed by atoms with Crippen LogP contribution in [0.2, 0.25) is 0 Å². The van der Waals surface area contributed by atoms with Gasteiger partial charge in [0.2, 0.25) is 0 Å². The Bertz CT molecular complexity index is 1080. The van der Waals surface area contributed by atoms with Gasteiger partial charge in [-0.15, -0.1) is 0 Å². The Morgan fingerprint density at radius 2 is 0.375 bits per heavy atom. The molecule has 6 nitrogen and oxygen atoms in total. The van der Waals surface area contributed by atoms with Gasteiger partial charge in [0.15, 0.2) is 6.10 Å². The van der Waals surface area contributed by atoms with Crippen LogP contribution in [-0.4, -0.2) is 37.2 Å². The van der Waals surface area contributed by atoms with Crippen LogP contribution in [0.3, 0.4) is 0 Å². The fourth-order valence-electron chi connectivity index (χ4n) is 10.4. The Morgan fingerprint density at radius 3 is 0.556 bits per heavy atom. The van der Waals surface area contributed by atoms with Gasteiger partial charge in [-0.25, -0.2) is 0 Å². The number of rotatable bonds is 62. The second-order valence-electron chi connectivity index (χ2n) is 22.8. The van der Waals surface area contributed by atoms with Crippen molar-refractivity contribution in [3.63, 3.8) is 0 Å². The van der Waals surface area contributed by atoms with Crippen molar-refractivity contribution in [3.8, 4) is 0 Å². The minimum atomic E-state index is -0.762. The molecule has 0 N–H and O–H groups in total. The first kappa shape index (κ1) is 70.4. The van der Waals surface area contributed by atoms with Gasteiger partial charge in [0.1, 0.15) is 13.2 Å². The highest BCUT2D eigenvalue weighted by atomic mass is 16.6. The van der Waals surface area contributed by atoms with Crippen molar-refractivity contribution in [2.24, 2.45) is 0 Å². The van der Waals surface area contributed by atoms with E-state index in [0.29, 0.717) is 19.3 Å². The Labute approximate surface area is 450 Å². The van der Waals surface area contributed by atoms with E-state index in [1.54, 1.807) is 0 Å². The summed E-state index contributed by atoms with van der Waals surface area (Å²) in [6, 6.07) is 0.